The van der Waals surface area contributed by atoms with E-state index in [1.165, 1.54) is 12.8 Å². The summed E-state index contributed by atoms with van der Waals surface area (Å²) in [5.74, 6) is 0.204. The second-order valence-electron chi connectivity index (χ2n) is 6.48. The number of hydrogen-bond donors (Lipinski definition) is 2. The highest BCUT2D eigenvalue weighted by molar-refractivity contribution is 5.99. The first-order valence-corrected chi connectivity index (χ1v) is 8.40. The van der Waals surface area contributed by atoms with Crippen LogP contribution in [0, 0.1) is 0 Å². The summed E-state index contributed by atoms with van der Waals surface area (Å²) < 4.78 is 11.0. The Bertz CT molecular complexity index is 657. The molecule has 0 aromatic heterocycles. The highest BCUT2D eigenvalue weighted by atomic mass is 16.5. The number of hydrogen-bond acceptors (Lipinski definition) is 5. The van der Waals surface area contributed by atoms with Gasteiger partial charge in [-0.2, -0.15) is 0 Å². The highest BCUT2D eigenvalue weighted by Gasteiger charge is 2.35. The van der Waals surface area contributed by atoms with E-state index in [9.17, 15) is 9.59 Å². The van der Waals surface area contributed by atoms with Crippen molar-refractivity contribution in [3.05, 3.63) is 23.8 Å². The Kier molecular flexibility index (Phi) is 4.12. The molecule has 2 amide bonds. The normalized spacial score (nSPS) is 26.6. The zero-order valence-electron chi connectivity index (χ0n) is 13.4. The number of nitrogens with zero attached hydrogens (tertiary/aromatic N) is 1. The van der Waals surface area contributed by atoms with Crippen LogP contribution in [0.2, 0.25) is 0 Å². The molecule has 3 heterocycles. The van der Waals surface area contributed by atoms with Crippen molar-refractivity contribution < 1.29 is 19.1 Å². The zero-order valence-corrected chi connectivity index (χ0v) is 13.4. The molecule has 0 spiro atoms. The van der Waals surface area contributed by atoms with E-state index in [1.807, 2.05) is 0 Å². The number of carbonyl (C=O) groups excluding carboxylic acids is 2. The fraction of sp³-hybridized carbons (Fsp3) is 0.529. The van der Waals surface area contributed by atoms with Crippen molar-refractivity contribution >= 4 is 17.5 Å². The van der Waals surface area contributed by atoms with Crippen LogP contribution in [-0.4, -0.2) is 61.7 Å². The van der Waals surface area contributed by atoms with Crippen LogP contribution in [0.25, 0.3) is 0 Å². The largest absolute Gasteiger partial charge is 0.482 e. The molecule has 0 bridgehead atoms. The zero-order chi connectivity index (χ0) is 16.5. The van der Waals surface area contributed by atoms with Crippen molar-refractivity contribution in [1.82, 2.24) is 10.2 Å². The van der Waals surface area contributed by atoms with Crippen molar-refractivity contribution in [2.45, 2.75) is 24.9 Å². The van der Waals surface area contributed by atoms with Gasteiger partial charge in [-0.1, -0.05) is 0 Å². The van der Waals surface area contributed by atoms with Gasteiger partial charge in [0.25, 0.3) is 11.8 Å². The molecule has 0 saturated carbocycles. The summed E-state index contributed by atoms with van der Waals surface area (Å²) in [5, 5.41) is 5.81. The minimum Gasteiger partial charge on any atom is -0.482 e. The summed E-state index contributed by atoms with van der Waals surface area (Å²) in [6.45, 7) is 3.35. The molecule has 2 saturated heterocycles. The average molecular weight is 331 g/mol. The van der Waals surface area contributed by atoms with E-state index in [-0.39, 0.29) is 30.5 Å². The highest BCUT2D eigenvalue weighted by Crippen LogP contribution is 2.28. The Morgan fingerprint density at radius 2 is 2.08 bits per heavy atom. The minimum absolute atomic E-state index is 0.00672. The maximum absolute atomic E-state index is 12.6. The van der Waals surface area contributed by atoms with Gasteiger partial charge in [0.15, 0.2) is 6.61 Å². The number of carbonyl (C=O) groups is 2. The predicted octanol–water partition coefficient (Wildman–Crippen LogP) is 0.610. The van der Waals surface area contributed by atoms with Crippen molar-refractivity contribution in [2.75, 3.05) is 38.2 Å². The van der Waals surface area contributed by atoms with Crippen LogP contribution >= 0.6 is 0 Å². The van der Waals surface area contributed by atoms with Crippen LogP contribution in [-0.2, 0) is 9.53 Å². The van der Waals surface area contributed by atoms with E-state index < -0.39 is 0 Å². The molecule has 7 heteroatoms. The number of amides is 2. The molecule has 128 valence electrons. The predicted molar refractivity (Wildman–Crippen MR) is 87.2 cm³/mol. The lowest BCUT2D eigenvalue weighted by Gasteiger charge is -2.28. The van der Waals surface area contributed by atoms with Gasteiger partial charge < -0.3 is 20.1 Å². The van der Waals surface area contributed by atoms with E-state index in [1.54, 1.807) is 18.2 Å². The second-order valence-corrected chi connectivity index (χ2v) is 6.48. The number of anilines is 1. The molecule has 0 radical (unpaired) electrons. The first-order valence-electron chi connectivity index (χ1n) is 8.40. The van der Waals surface area contributed by atoms with Crippen LogP contribution in [0.3, 0.4) is 0 Å². The third-order valence-electron chi connectivity index (χ3n) is 4.85. The third kappa shape index (κ3) is 2.97. The maximum Gasteiger partial charge on any atom is 0.262 e. The molecule has 24 heavy (non-hydrogen) atoms. The van der Waals surface area contributed by atoms with E-state index in [2.05, 4.69) is 15.5 Å². The number of fused-ring (bicyclic) bond motifs is 1. The Labute approximate surface area is 140 Å². The van der Waals surface area contributed by atoms with Crippen LogP contribution in [0.1, 0.15) is 23.2 Å². The van der Waals surface area contributed by atoms with Gasteiger partial charge in [-0.25, -0.2) is 0 Å². The van der Waals surface area contributed by atoms with Crippen LogP contribution in [0.4, 0.5) is 5.69 Å². The monoisotopic (exact) mass is 331 g/mol. The molecule has 2 fully saturated rings. The Morgan fingerprint density at radius 1 is 1.25 bits per heavy atom. The number of benzene rings is 1. The van der Waals surface area contributed by atoms with Gasteiger partial charge in [-0.05, 0) is 44.1 Å². The molecule has 2 N–H and O–H groups in total. The first kappa shape index (κ1) is 15.4. The number of rotatable bonds is 3. The Morgan fingerprint density at radius 3 is 2.92 bits per heavy atom. The summed E-state index contributed by atoms with van der Waals surface area (Å²) in [4.78, 5) is 26.3. The second kappa shape index (κ2) is 6.41. The lowest BCUT2D eigenvalue weighted by molar-refractivity contribution is -0.118. The molecule has 4 rings (SSSR count). The smallest absolute Gasteiger partial charge is 0.262 e. The van der Waals surface area contributed by atoms with Crippen LogP contribution < -0.4 is 15.4 Å². The van der Waals surface area contributed by atoms with Crippen molar-refractivity contribution in [3.8, 4) is 5.75 Å². The lowest BCUT2D eigenvalue weighted by Crippen LogP contribution is -2.50. The van der Waals surface area contributed by atoms with Crippen molar-refractivity contribution in [3.63, 3.8) is 0 Å². The summed E-state index contributed by atoms with van der Waals surface area (Å²) in [7, 11) is 0. The maximum atomic E-state index is 12.6. The van der Waals surface area contributed by atoms with Gasteiger partial charge in [-0.3, -0.25) is 14.5 Å². The van der Waals surface area contributed by atoms with E-state index in [0.717, 1.165) is 13.1 Å². The fourth-order valence-electron chi connectivity index (χ4n) is 3.58. The Balaban J connectivity index is 1.45. The van der Waals surface area contributed by atoms with Crippen molar-refractivity contribution in [2.24, 2.45) is 0 Å². The lowest BCUT2D eigenvalue weighted by atomic mass is 10.1. The van der Waals surface area contributed by atoms with E-state index in [4.69, 9.17) is 9.47 Å². The first-order chi connectivity index (χ1) is 11.7. The van der Waals surface area contributed by atoms with Crippen LogP contribution in [0.5, 0.6) is 5.75 Å². The van der Waals surface area contributed by atoms with Crippen LogP contribution in [0.15, 0.2) is 18.2 Å². The quantitative estimate of drug-likeness (QED) is 0.848. The van der Waals surface area contributed by atoms with Crippen molar-refractivity contribution in [1.29, 1.82) is 0 Å². The molecule has 3 aliphatic rings. The topological polar surface area (TPSA) is 79.9 Å². The molecule has 7 nitrogen and oxygen atoms in total. The number of nitrogens with one attached hydrogen (secondary N) is 2. The SMILES string of the molecule is O=C1COc2cc(C(=O)N[C@@H]3COC[C@H]3N3CCCC3)ccc2N1. The Hall–Kier alpha value is -2.12. The van der Waals surface area contributed by atoms with E-state index in [0.29, 0.717) is 30.2 Å². The summed E-state index contributed by atoms with van der Waals surface area (Å²) in [6, 6.07) is 5.33. The van der Waals surface area contributed by atoms with Gasteiger partial charge in [0.1, 0.15) is 5.75 Å². The molecule has 0 aliphatic carbocycles. The molecule has 1 aromatic carbocycles. The van der Waals surface area contributed by atoms with E-state index >= 15 is 0 Å². The standard InChI is InChI=1S/C17H21N3O4/c21-16-10-24-15-7-11(3-4-12(15)18-16)17(22)19-13-8-23-9-14(13)20-5-1-2-6-20/h3-4,7,13-14H,1-2,5-6,8-10H2,(H,18,21)(H,19,22)/t13-,14-/m1/s1. The molecular formula is C17H21N3O4. The third-order valence-corrected chi connectivity index (χ3v) is 4.85. The number of ether oxygens (including phenoxy) is 2. The van der Waals surface area contributed by atoms with Gasteiger partial charge in [0, 0.05) is 5.56 Å². The average Bonchev–Trinajstić information content (AvgIpc) is 3.25. The van der Waals surface area contributed by atoms with Gasteiger partial charge in [0.2, 0.25) is 0 Å². The summed E-state index contributed by atoms with van der Waals surface area (Å²) in [6.07, 6.45) is 2.43. The fourth-order valence-corrected chi connectivity index (χ4v) is 3.58. The minimum atomic E-state index is -0.184. The molecule has 3 aliphatic heterocycles. The molecule has 1 aromatic rings. The summed E-state index contributed by atoms with van der Waals surface area (Å²) >= 11 is 0. The van der Waals surface area contributed by atoms with Gasteiger partial charge in [0.05, 0.1) is 31.0 Å². The number of likely N-dealkylation sites (tertiary alicyclic amines) is 1. The summed E-state index contributed by atoms with van der Waals surface area (Å²) in [5.41, 5.74) is 1.12. The molecule has 0 unspecified atom stereocenters. The molecular weight excluding hydrogens is 310 g/mol. The molecule has 2 atom stereocenters. The van der Waals surface area contributed by atoms with Gasteiger partial charge in [-0.15, -0.1) is 0 Å². The van der Waals surface area contributed by atoms with Gasteiger partial charge >= 0.3 is 0 Å².